The van der Waals surface area contributed by atoms with E-state index in [0.29, 0.717) is 5.82 Å². The van der Waals surface area contributed by atoms with Crippen LogP contribution in [0.1, 0.15) is 0 Å². The molecule has 0 aliphatic rings. The van der Waals surface area contributed by atoms with Gasteiger partial charge in [-0.1, -0.05) is 140 Å². The van der Waals surface area contributed by atoms with Gasteiger partial charge < -0.3 is 9.13 Å². The Morgan fingerprint density at radius 1 is 0.286 bits per heavy atom. The smallest absolute Gasteiger partial charge is 0.160 e. The zero-order valence-corrected chi connectivity index (χ0v) is 30.4. The summed E-state index contributed by atoms with van der Waals surface area (Å²) in [5, 5.41) is 4.95. The van der Waals surface area contributed by atoms with Crippen molar-refractivity contribution in [3.63, 3.8) is 0 Å². The molecule has 56 heavy (non-hydrogen) atoms. The van der Waals surface area contributed by atoms with Crippen molar-refractivity contribution in [1.29, 1.82) is 0 Å². The summed E-state index contributed by atoms with van der Waals surface area (Å²) in [7, 11) is 0. The summed E-state index contributed by atoms with van der Waals surface area (Å²) in [5.41, 5.74) is 14.1. The topological polar surface area (TPSA) is 35.6 Å². The van der Waals surface area contributed by atoms with E-state index in [1.165, 1.54) is 38.1 Å². The van der Waals surface area contributed by atoms with Crippen molar-refractivity contribution < 1.29 is 0 Å². The van der Waals surface area contributed by atoms with Crippen LogP contribution in [-0.2, 0) is 0 Å². The highest BCUT2D eigenvalue weighted by Crippen LogP contribution is 2.40. The highest BCUT2D eigenvalue weighted by Gasteiger charge is 2.19. The molecule has 0 saturated carbocycles. The Morgan fingerprint density at radius 3 is 1.39 bits per heavy atom. The molecule has 4 heteroatoms. The Morgan fingerprint density at radius 2 is 0.768 bits per heavy atom. The molecule has 0 bridgehead atoms. The summed E-state index contributed by atoms with van der Waals surface area (Å²) >= 11 is 0. The minimum absolute atomic E-state index is 0.687. The van der Waals surface area contributed by atoms with Crippen LogP contribution in [0, 0.1) is 0 Å². The number of aromatic nitrogens is 4. The van der Waals surface area contributed by atoms with E-state index in [2.05, 4.69) is 209 Å². The molecule has 11 aromatic rings. The van der Waals surface area contributed by atoms with Gasteiger partial charge in [0.1, 0.15) is 0 Å². The van der Waals surface area contributed by atoms with Crippen LogP contribution >= 0.6 is 0 Å². The first kappa shape index (κ1) is 31.9. The van der Waals surface area contributed by atoms with Gasteiger partial charge in [-0.2, -0.15) is 0 Å². The fourth-order valence-electron chi connectivity index (χ4n) is 8.37. The Bertz CT molecular complexity index is 3220. The second kappa shape index (κ2) is 13.1. The molecule has 0 saturated heterocycles. The number of hydrogen-bond donors (Lipinski definition) is 0. The fourth-order valence-corrected chi connectivity index (χ4v) is 8.37. The second-order valence-corrected chi connectivity index (χ2v) is 14.2. The molecule has 11 rings (SSSR count). The van der Waals surface area contributed by atoms with Crippen LogP contribution in [0.3, 0.4) is 0 Å². The Labute approximate surface area is 324 Å². The minimum Gasteiger partial charge on any atom is -0.309 e. The van der Waals surface area contributed by atoms with Gasteiger partial charge in [-0.15, -0.1) is 0 Å². The fraction of sp³-hybridized carbons (Fsp3) is 0. The molecule has 0 fully saturated rings. The van der Waals surface area contributed by atoms with E-state index in [9.17, 15) is 0 Å². The highest BCUT2D eigenvalue weighted by molar-refractivity contribution is 6.19. The predicted octanol–water partition coefficient (Wildman–Crippen LogP) is 13.3. The first-order valence-corrected chi connectivity index (χ1v) is 19.0. The van der Waals surface area contributed by atoms with E-state index in [4.69, 9.17) is 9.97 Å². The standard InChI is InChI=1S/C52H34N4/c1-4-16-35(17-5-1)40-22-10-11-23-41(40)47-33-46(36-18-6-2-7-19-36)53-52(54-47)37-28-30-39(31-29-37)56-49-27-15-13-25-43(49)45-32-44-42-24-12-14-26-48(42)55(50(44)34-51(45)56)38-20-8-3-9-21-38/h1-34H. The van der Waals surface area contributed by atoms with E-state index in [0.717, 1.165) is 56.1 Å². The van der Waals surface area contributed by atoms with Crippen LogP contribution in [0.25, 0.3) is 100 Å². The summed E-state index contributed by atoms with van der Waals surface area (Å²) in [6.07, 6.45) is 0. The van der Waals surface area contributed by atoms with E-state index in [1.807, 2.05) is 6.07 Å². The van der Waals surface area contributed by atoms with Gasteiger partial charge in [0.25, 0.3) is 0 Å². The molecular weight excluding hydrogens is 681 g/mol. The Kier molecular flexibility index (Phi) is 7.46. The predicted molar refractivity (Wildman–Crippen MR) is 232 cm³/mol. The maximum atomic E-state index is 5.25. The number of hydrogen-bond acceptors (Lipinski definition) is 2. The molecular formula is C52H34N4. The van der Waals surface area contributed by atoms with Crippen molar-refractivity contribution in [3.8, 4) is 56.4 Å². The van der Waals surface area contributed by atoms with E-state index >= 15 is 0 Å². The third kappa shape index (κ3) is 5.23. The van der Waals surface area contributed by atoms with Crippen LogP contribution in [0.15, 0.2) is 206 Å². The number of para-hydroxylation sites is 3. The zero-order chi connectivity index (χ0) is 37.0. The maximum absolute atomic E-state index is 5.25. The van der Waals surface area contributed by atoms with Gasteiger partial charge in [-0.25, -0.2) is 9.97 Å². The highest BCUT2D eigenvalue weighted by atomic mass is 15.0. The maximum Gasteiger partial charge on any atom is 0.160 e. The first-order chi connectivity index (χ1) is 27.8. The first-order valence-electron chi connectivity index (χ1n) is 19.0. The zero-order valence-electron chi connectivity index (χ0n) is 30.4. The van der Waals surface area contributed by atoms with Crippen molar-refractivity contribution in [2.45, 2.75) is 0 Å². The lowest BCUT2D eigenvalue weighted by atomic mass is 9.96. The van der Waals surface area contributed by atoms with Crippen LogP contribution in [0.4, 0.5) is 0 Å². The third-order valence-corrected chi connectivity index (χ3v) is 10.9. The summed E-state index contributed by atoms with van der Waals surface area (Å²) in [4.78, 5) is 10.4. The quantitative estimate of drug-likeness (QED) is 0.172. The number of benzene rings is 8. The van der Waals surface area contributed by atoms with Gasteiger partial charge in [-0.05, 0) is 77.9 Å². The molecule has 3 heterocycles. The molecule has 8 aromatic carbocycles. The largest absolute Gasteiger partial charge is 0.309 e. The van der Waals surface area contributed by atoms with E-state index in [-0.39, 0.29) is 0 Å². The van der Waals surface area contributed by atoms with Gasteiger partial charge in [0, 0.05) is 49.6 Å². The van der Waals surface area contributed by atoms with Crippen LogP contribution in [0.2, 0.25) is 0 Å². The van der Waals surface area contributed by atoms with Crippen molar-refractivity contribution >= 4 is 43.6 Å². The summed E-state index contributed by atoms with van der Waals surface area (Å²) in [6, 6.07) is 73.1. The Hall–Kier alpha value is -7.56. The third-order valence-electron chi connectivity index (χ3n) is 10.9. The minimum atomic E-state index is 0.687. The molecule has 262 valence electrons. The van der Waals surface area contributed by atoms with Gasteiger partial charge in [0.05, 0.1) is 33.5 Å². The summed E-state index contributed by atoms with van der Waals surface area (Å²) in [6.45, 7) is 0. The molecule has 0 atom stereocenters. The SMILES string of the molecule is c1ccc(-c2cc(-c3ccccc3-c3ccccc3)nc(-c3ccc(-n4c5ccccc5c5cc6c7ccccc7n(-c7ccccc7)c6cc54)cc3)n2)cc1. The monoisotopic (exact) mass is 714 g/mol. The van der Waals surface area contributed by atoms with Crippen molar-refractivity contribution in [2.75, 3.05) is 0 Å². The Balaban J connectivity index is 1.09. The molecule has 0 unspecified atom stereocenters. The van der Waals surface area contributed by atoms with Gasteiger partial charge in [-0.3, -0.25) is 0 Å². The summed E-state index contributed by atoms with van der Waals surface area (Å²) in [5.74, 6) is 0.687. The van der Waals surface area contributed by atoms with Gasteiger partial charge >= 0.3 is 0 Å². The molecule has 0 amide bonds. The molecule has 0 spiro atoms. The van der Waals surface area contributed by atoms with Crippen molar-refractivity contribution in [1.82, 2.24) is 19.1 Å². The average Bonchev–Trinajstić information content (AvgIpc) is 3.78. The van der Waals surface area contributed by atoms with Crippen LogP contribution < -0.4 is 0 Å². The average molecular weight is 715 g/mol. The second-order valence-electron chi connectivity index (χ2n) is 14.2. The molecule has 3 aromatic heterocycles. The van der Waals surface area contributed by atoms with E-state index in [1.54, 1.807) is 0 Å². The van der Waals surface area contributed by atoms with Crippen LogP contribution in [0.5, 0.6) is 0 Å². The van der Waals surface area contributed by atoms with E-state index < -0.39 is 0 Å². The molecule has 0 aliphatic heterocycles. The van der Waals surface area contributed by atoms with Crippen LogP contribution in [-0.4, -0.2) is 19.1 Å². The summed E-state index contributed by atoms with van der Waals surface area (Å²) < 4.78 is 4.78. The van der Waals surface area contributed by atoms with Gasteiger partial charge in [0.15, 0.2) is 5.82 Å². The number of rotatable bonds is 6. The lowest BCUT2D eigenvalue weighted by Crippen LogP contribution is -1.98. The number of fused-ring (bicyclic) bond motifs is 6. The van der Waals surface area contributed by atoms with Gasteiger partial charge in [0.2, 0.25) is 0 Å². The van der Waals surface area contributed by atoms with Crippen molar-refractivity contribution in [3.05, 3.63) is 206 Å². The molecule has 4 nitrogen and oxygen atoms in total. The molecule has 0 aliphatic carbocycles. The lowest BCUT2D eigenvalue weighted by molar-refractivity contribution is 1.16. The lowest BCUT2D eigenvalue weighted by Gasteiger charge is -2.13. The molecule has 0 N–H and O–H groups in total. The molecule has 0 radical (unpaired) electrons. The number of nitrogens with zero attached hydrogens (tertiary/aromatic N) is 4. The normalized spacial score (nSPS) is 11.6. The van der Waals surface area contributed by atoms with Crippen molar-refractivity contribution in [2.24, 2.45) is 0 Å².